The molecule has 9 heteroatoms. The molecule has 0 saturated heterocycles. The SMILES string of the molecule is CC(CC(O)(CS(=O)(=O)c1ccc(-c2ccncc2)cc1)C(=O)NO)SCc1ccccc1. The summed E-state index contributed by atoms with van der Waals surface area (Å²) in [6.45, 7) is 1.80. The molecule has 33 heavy (non-hydrogen) atoms. The number of carbonyl (C=O) groups excluding carboxylic acids is 1. The first-order chi connectivity index (χ1) is 15.7. The van der Waals surface area contributed by atoms with E-state index in [1.807, 2.05) is 42.5 Å². The zero-order chi connectivity index (χ0) is 23.9. The Hall–Kier alpha value is -2.72. The van der Waals surface area contributed by atoms with Crippen LogP contribution in [0.15, 0.2) is 84.0 Å². The molecule has 2 atom stereocenters. The lowest BCUT2D eigenvalue weighted by Crippen LogP contribution is -2.52. The highest BCUT2D eigenvalue weighted by atomic mass is 32.2. The van der Waals surface area contributed by atoms with E-state index in [1.165, 1.54) is 29.4 Å². The Kier molecular flexibility index (Phi) is 8.25. The minimum atomic E-state index is -4.03. The summed E-state index contributed by atoms with van der Waals surface area (Å²) >= 11 is 1.48. The first kappa shape index (κ1) is 24.9. The molecule has 3 rings (SSSR count). The third-order valence-corrected chi connectivity index (χ3v) is 8.27. The standard InChI is InChI=1S/C24H26N2O5S2/c1-18(32-16-19-5-3-2-4-6-19)15-24(28,23(27)26-29)17-33(30,31)22-9-7-20(8-10-22)21-11-13-25-14-12-21/h2-14,18,28-29H,15-17H2,1H3,(H,26,27). The lowest BCUT2D eigenvalue weighted by Gasteiger charge is -2.28. The van der Waals surface area contributed by atoms with Gasteiger partial charge >= 0.3 is 0 Å². The molecule has 0 aliphatic heterocycles. The number of amides is 1. The highest BCUT2D eigenvalue weighted by Crippen LogP contribution is 2.29. The van der Waals surface area contributed by atoms with Crippen molar-refractivity contribution < 1.29 is 23.5 Å². The van der Waals surface area contributed by atoms with Crippen molar-refractivity contribution in [1.82, 2.24) is 10.5 Å². The molecule has 1 heterocycles. The molecule has 1 amide bonds. The molecule has 0 aliphatic rings. The van der Waals surface area contributed by atoms with Gasteiger partial charge in [0.05, 0.1) is 10.6 Å². The van der Waals surface area contributed by atoms with Crippen molar-refractivity contribution in [2.45, 2.75) is 34.8 Å². The van der Waals surface area contributed by atoms with E-state index in [1.54, 1.807) is 31.5 Å². The van der Waals surface area contributed by atoms with Crippen molar-refractivity contribution in [3.63, 3.8) is 0 Å². The van der Waals surface area contributed by atoms with Crippen molar-refractivity contribution in [2.75, 3.05) is 5.75 Å². The normalized spacial score (nSPS) is 14.3. The Morgan fingerprint density at radius 3 is 2.24 bits per heavy atom. The van der Waals surface area contributed by atoms with E-state index in [0.717, 1.165) is 16.7 Å². The van der Waals surface area contributed by atoms with Crippen LogP contribution >= 0.6 is 11.8 Å². The highest BCUT2D eigenvalue weighted by molar-refractivity contribution is 7.99. The van der Waals surface area contributed by atoms with E-state index < -0.39 is 27.1 Å². The van der Waals surface area contributed by atoms with Crippen LogP contribution in [0.25, 0.3) is 11.1 Å². The van der Waals surface area contributed by atoms with Crippen LogP contribution in [0.4, 0.5) is 0 Å². The maximum atomic E-state index is 13.0. The molecule has 0 fully saturated rings. The number of thioether (sulfide) groups is 1. The third kappa shape index (κ3) is 6.64. The number of aliphatic hydroxyl groups is 1. The maximum absolute atomic E-state index is 13.0. The number of nitrogens with one attached hydrogen (secondary N) is 1. The minimum absolute atomic E-state index is 0.0194. The third-order valence-electron chi connectivity index (χ3n) is 5.18. The van der Waals surface area contributed by atoms with Crippen LogP contribution in [-0.2, 0) is 20.4 Å². The Morgan fingerprint density at radius 2 is 1.64 bits per heavy atom. The molecule has 0 radical (unpaired) electrons. The molecule has 0 aliphatic carbocycles. The van der Waals surface area contributed by atoms with E-state index in [0.29, 0.717) is 5.75 Å². The van der Waals surface area contributed by atoms with Crippen LogP contribution in [-0.4, -0.2) is 46.2 Å². The second-order valence-corrected chi connectivity index (χ2v) is 11.2. The summed E-state index contributed by atoms with van der Waals surface area (Å²) in [7, 11) is -4.03. The van der Waals surface area contributed by atoms with Crippen molar-refractivity contribution in [1.29, 1.82) is 0 Å². The molecule has 0 saturated carbocycles. The van der Waals surface area contributed by atoms with Crippen LogP contribution in [0.3, 0.4) is 0 Å². The quantitative estimate of drug-likeness (QED) is 0.297. The first-order valence-corrected chi connectivity index (χ1v) is 13.0. The molecule has 2 unspecified atom stereocenters. The van der Waals surface area contributed by atoms with Crippen LogP contribution in [0.2, 0.25) is 0 Å². The molecular formula is C24H26N2O5S2. The Labute approximate surface area is 197 Å². The van der Waals surface area contributed by atoms with E-state index >= 15 is 0 Å². The molecular weight excluding hydrogens is 460 g/mol. The monoisotopic (exact) mass is 486 g/mol. The number of sulfone groups is 1. The fourth-order valence-corrected chi connectivity index (χ4v) is 6.12. The van der Waals surface area contributed by atoms with E-state index in [2.05, 4.69) is 4.98 Å². The molecule has 7 nitrogen and oxygen atoms in total. The van der Waals surface area contributed by atoms with Crippen LogP contribution in [0.1, 0.15) is 18.9 Å². The number of carbonyl (C=O) groups is 1. The molecule has 174 valence electrons. The number of pyridine rings is 1. The summed E-state index contributed by atoms with van der Waals surface area (Å²) in [5, 5.41) is 19.9. The summed E-state index contributed by atoms with van der Waals surface area (Å²) in [4.78, 5) is 16.2. The molecule has 2 aromatic carbocycles. The van der Waals surface area contributed by atoms with Crippen molar-refractivity contribution in [3.05, 3.63) is 84.7 Å². The predicted molar refractivity (Wildman–Crippen MR) is 128 cm³/mol. The average Bonchev–Trinajstić information content (AvgIpc) is 2.83. The van der Waals surface area contributed by atoms with Gasteiger partial charge in [0, 0.05) is 23.4 Å². The summed E-state index contributed by atoms with van der Waals surface area (Å²) in [6.07, 6.45) is 3.14. The van der Waals surface area contributed by atoms with Crippen LogP contribution in [0, 0.1) is 0 Å². The van der Waals surface area contributed by atoms with Gasteiger partial charge in [-0.2, -0.15) is 11.8 Å². The largest absolute Gasteiger partial charge is 0.379 e. The second kappa shape index (κ2) is 10.9. The van der Waals surface area contributed by atoms with Crippen molar-refractivity contribution >= 4 is 27.5 Å². The Morgan fingerprint density at radius 1 is 1.03 bits per heavy atom. The van der Waals surface area contributed by atoms with E-state index in [4.69, 9.17) is 5.21 Å². The fraction of sp³-hybridized carbons (Fsp3) is 0.250. The van der Waals surface area contributed by atoms with Gasteiger partial charge in [-0.15, -0.1) is 0 Å². The summed E-state index contributed by atoms with van der Waals surface area (Å²) < 4.78 is 26.1. The number of hydrogen-bond donors (Lipinski definition) is 3. The molecule has 3 aromatic rings. The molecule has 0 bridgehead atoms. The molecule has 3 N–H and O–H groups in total. The van der Waals surface area contributed by atoms with Gasteiger partial charge < -0.3 is 5.11 Å². The van der Waals surface area contributed by atoms with Gasteiger partial charge in [0.25, 0.3) is 5.91 Å². The summed E-state index contributed by atoms with van der Waals surface area (Å²) in [5.74, 6) is -1.36. The van der Waals surface area contributed by atoms with Gasteiger partial charge in [-0.1, -0.05) is 49.4 Å². The summed E-state index contributed by atoms with van der Waals surface area (Å²) in [6, 6.07) is 19.5. The fourth-order valence-electron chi connectivity index (χ4n) is 3.47. The van der Waals surface area contributed by atoms with E-state index in [9.17, 15) is 18.3 Å². The van der Waals surface area contributed by atoms with E-state index in [-0.39, 0.29) is 16.6 Å². The first-order valence-electron chi connectivity index (χ1n) is 10.3. The minimum Gasteiger partial charge on any atom is -0.379 e. The zero-order valence-corrected chi connectivity index (χ0v) is 19.7. The van der Waals surface area contributed by atoms with Crippen LogP contribution < -0.4 is 5.48 Å². The van der Waals surface area contributed by atoms with Gasteiger partial charge in [-0.05, 0) is 47.4 Å². The van der Waals surface area contributed by atoms with Crippen molar-refractivity contribution in [3.8, 4) is 11.1 Å². The smallest absolute Gasteiger partial charge is 0.276 e. The van der Waals surface area contributed by atoms with Gasteiger partial charge in [0.1, 0.15) is 0 Å². The average molecular weight is 487 g/mol. The lowest BCUT2D eigenvalue weighted by atomic mass is 9.99. The Balaban J connectivity index is 1.74. The zero-order valence-electron chi connectivity index (χ0n) is 18.1. The van der Waals surface area contributed by atoms with Gasteiger partial charge in [-0.3, -0.25) is 15.0 Å². The predicted octanol–water partition coefficient (Wildman–Crippen LogP) is 3.47. The number of hydroxylamine groups is 1. The molecule has 1 aromatic heterocycles. The van der Waals surface area contributed by atoms with Crippen molar-refractivity contribution in [2.24, 2.45) is 0 Å². The topological polar surface area (TPSA) is 117 Å². The lowest BCUT2D eigenvalue weighted by molar-refractivity contribution is -0.147. The maximum Gasteiger partial charge on any atom is 0.276 e. The highest BCUT2D eigenvalue weighted by Gasteiger charge is 2.42. The second-order valence-electron chi connectivity index (χ2n) is 7.80. The number of rotatable bonds is 10. The van der Waals surface area contributed by atoms with Gasteiger partial charge in [-0.25, -0.2) is 13.9 Å². The number of benzene rings is 2. The van der Waals surface area contributed by atoms with Gasteiger partial charge in [0.2, 0.25) is 0 Å². The molecule has 0 spiro atoms. The summed E-state index contributed by atoms with van der Waals surface area (Å²) in [5.41, 5.74) is 1.90. The van der Waals surface area contributed by atoms with Crippen LogP contribution in [0.5, 0.6) is 0 Å². The Bertz CT molecular complexity index is 1160. The number of aromatic nitrogens is 1. The van der Waals surface area contributed by atoms with Gasteiger partial charge in [0.15, 0.2) is 15.4 Å². The number of hydrogen-bond acceptors (Lipinski definition) is 7. The number of nitrogens with zero attached hydrogens (tertiary/aromatic N) is 1.